The number of hydrogen-bond acceptors (Lipinski definition) is 5. The highest BCUT2D eigenvalue weighted by Crippen LogP contribution is 2.34. The van der Waals surface area contributed by atoms with Crippen LogP contribution in [-0.4, -0.2) is 45.7 Å². The molecule has 29 heavy (non-hydrogen) atoms. The number of nitrogens with two attached hydrogens (primary N) is 1. The molecule has 0 radical (unpaired) electrons. The van der Waals surface area contributed by atoms with Crippen molar-refractivity contribution < 1.29 is 22.8 Å². The van der Waals surface area contributed by atoms with Crippen LogP contribution in [-0.2, 0) is 16.9 Å². The normalized spacial score (nSPS) is 19.8. The van der Waals surface area contributed by atoms with Crippen LogP contribution in [0, 0.1) is 0 Å². The number of aromatic nitrogens is 2. The van der Waals surface area contributed by atoms with E-state index < -0.39 is 24.2 Å². The van der Waals surface area contributed by atoms with E-state index in [0.717, 1.165) is 6.20 Å². The quantitative estimate of drug-likeness (QED) is 0.808. The molecule has 2 aromatic rings. The summed E-state index contributed by atoms with van der Waals surface area (Å²) >= 11 is 0. The van der Waals surface area contributed by atoms with Crippen molar-refractivity contribution >= 4 is 23.5 Å². The summed E-state index contributed by atoms with van der Waals surface area (Å²) in [6.07, 6.45) is -3.25. The lowest BCUT2D eigenvalue weighted by Gasteiger charge is -2.33. The molecule has 1 atom stereocenters. The Bertz CT molecular complexity index is 984. The first-order valence-electron chi connectivity index (χ1n) is 8.61. The Morgan fingerprint density at radius 2 is 2.07 bits per heavy atom. The van der Waals surface area contributed by atoms with Gasteiger partial charge in [-0.15, -0.1) is 0 Å². The maximum Gasteiger partial charge on any atom is 0.408 e. The van der Waals surface area contributed by atoms with E-state index in [1.54, 1.807) is 31.2 Å². The summed E-state index contributed by atoms with van der Waals surface area (Å²) < 4.78 is 37.9. The van der Waals surface area contributed by atoms with Gasteiger partial charge in [0.15, 0.2) is 11.7 Å². The molecule has 3 N–H and O–H groups in total. The first-order chi connectivity index (χ1) is 13.5. The number of hydrogen-bond donors (Lipinski definition) is 2. The van der Waals surface area contributed by atoms with Crippen molar-refractivity contribution in [2.24, 2.45) is 10.7 Å². The number of guanidine groups is 1. The van der Waals surface area contributed by atoms with Crippen molar-refractivity contribution in [3.8, 4) is 0 Å². The van der Waals surface area contributed by atoms with Gasteiger partial charge in [-0.3, -0.25) is 19.2 Å². The summed E-state index contributed by atoms with van der Waals surface area (Å²) in [5.41, 5.74) is 5.81. The molecule has 154 valence electrons. The van der Waals surface area contributed by atoms with Crippen molar-refractivity contribution in [3.05, 3.63) is 47.8 Å². The number of anilines is 1. The van der Waals surface area contributed by atoms with E-state index in [1.807, 2.05) is 0 Å². The second kappa shape index (κ2) is 7.22. The first-order valence-corrected chi connectivity index (χ1v) is 8.61. The number of nitrogens with zero attached hydrogens (tertiary/aromatic N) is 4. The summed E-state index contributed by atoms with van der Waals surface area (Å²) in [4.78, 5) is 30.1. The van der Waals surface area contributed by atoms with Gasteiger partial charge in [0, 0.05) is 18.9 Å². The molecule has 2 amide bonds. The van der Waals surface area contributed by atoms with Crippen LogP contribution in [0.4, 0.5) is 18.9 Å². The molecule has 11 heteroatoms. The zero-order valence-corrected chi connectivity index (χ0v) is 15.7. The summed E-state index contributed by atoms with van der Waals surface area (Å²) in [5.74, 6) is -0.756. The number of amides is 2. The lowest BCUT2D eigenvalue weighted by molar-refractivity contribution is -0.142. The van der Waals surface area contributed by atoms with E-state index in [1.165, 1.54) is 18.0 Å². The molecule has 3 rings (SSSR count). The second-order valence-electron chi connectivity index (χ2n) is 6.92. The molecule has 1 aliphatic heterocycles. The predicted octanol–water partition coefficient (Wildman–Crippen LogP) is 2.09. The molecule has 0 aliphatic carbocycles. The van der Waals surface area contributed by atoms with Crippen LogP contribution in [0.3, 0.4) is 0 Å². The highest BCUT2D eigenvalue weighted by atomic mass is 19.4. The Morgan fingerprint density at radius 1 is 1.34 bits per heavy atom. The number of carbonyl (C=O) groups is 2. The maximum absolute atomic E-state index is 12.4. The van der Waals surface area contributed by atoms with Gasteiger partial charge < -0.3 is 11.1 Å². The summed E-state index contributed by atoms with van der Waals surface area (Å²) in [5, 5.41) is 6.23. The fourth-order valence-corrected chi connectivity index (χ4v) is 2.96. The third kappa shape index (κ3) is 4.55. The topological polar surface area (TPSA) is 106 Å². The smallest absolute Gasteiger partial charge is 0.369 e. The second-order valence-corrected chi connectivity index (χ2v) is 6.92. The number of alkyl halides is 3. The number of rotatable bonds is 4. The van der Waals surface area contributed by atoms with Gasteiger partial charge in [0.25, 0.3) is 5.91 Å². The minimum Gasteiger partial charge on any atom is -0.369 e. The highest BCUT2D eigenvalue weighted by Gasteiger charge is 2.36. The average Bonchev–Trinajstić information content (AvgIpc) is 3.06. The molecule has 1 aromatic carbocycles. The number of halogens is 3. The Labute approximate surface area is 164 Å². The maximum atomic E-state index is 12.4. The van der Waals surface area contributed by atoms with Crippen LogP contribution in [0.25, 0.3) is 0 Å². The first kappa shape index (κ1) is 20.4. The summed E-state index contributed by atoms with van der Waals surface area (Å²) in [6.45, 7) is 0.473. The fraction of sp³-hybridized carbons (Fsp3) is 0.333. The minimum absolute atomic E-state index is 0.0911. The van der Waals surface area contributed by atoms with Crippen LogP contribution >= 0.6 is 0 Å². The molecule has 0 spiro atoms. The predicted molar refractivity (Wildman–Crippen MR) is 99.0 cm³/mol. The van der Waals surface area contributed by atoms with E-state index in [0.29, 0.717) is 15.9 Å². The van der Waals surface area contributed by atoms with E-state index in [9.17, 15) is 22.8 Å². The van der Waals surface area contributed by atoms with Gasteiger partial charge in [0.05, 0.1) is 12.0 Å². The van der Waals surface area contributed by atoms with E-state index in [2.05, 4.69) is 15.4 Å². The third-order valence-corrected chi connectivity index (χ3v) is 4.53. The molecule has 2 heterocycles. The van der Waals surface area contributed by atoms with Crippen LogP contribution in [0.2, 0.25) is 0 Å². The summed E-state index contributed by atoms with van der Waals surface area (Å²) in [6, 6.07) is 7.88. The molecular weight excluding hydrogens is 389 g/mol. The highest BCUT2D eigenvalue weighted by molar-refractivity contribution is 6.03. The fourth-order valence-electron chi connectivity index (χ4n) is 2.96. The van der Waals surface area contributed by atoms with E-state index in [4.69, 9.17) is 5.73 Å². The summed E-state index contributed by atoms with van der Waals surface area (Å²) in [7, 11) is 1.54. The van der Waals surface area contributed by atoms with Gasteiger partial charge in [-0.1, -0.05) is 12.1 Å². The lowest BCUT2D eigenvalue weighted by atomic mass is 9.87. The van der Waals surface area contributed by atoms with Gasteiger partial charge in [-0.05, 0) is 30.7 Å². The zero-order valence-electron chi connectivity index (χ0n) is 15.7. The van der Waals surface area contributed by atoms with Gasteiger partial charge in [-0.2, -0.15) is 18.3 Å². The van der Waals surface area contributed by atoms with Gasteiger partial charge in [0.2, 0.25) is 5.91 Å². The van der Waals surface area contributed by atoms with Crippen LogP contribution in [0.5, 0.6) is 0 Å². The van der Waals surface area contributed by atoms with Crippen molar-refractivity contribution in [1.82, 2.24) is 14.7 Å². The van der Waals surface area contributed by atoms with Crippen molar-refractivity contribution in [2.75, 3.05) is 12.4 Å². The lowest BCUT2D eigenvalue weighted by Crippen LogP contribution is -2.47. The average molecular weight is 408 g/mol. The molecule has 0 bridgehead atoms. The monoisotopic (exact) mass is 408 g/mol. The molecule has 0 fully saturated rings. The molecule has 1 aromatic heterocycles. The van der Waals surface area contributed by atoms with Crippen LogP contribution < -0.4 is 11.1 Å². The van der Waals surface area contributed by atoms with Gasteiger partial charge in [-0.25, -0.2) is 4.99 Å². The van der Waals surface area contributed by atoms with Crippen molar-refractivity contribution in [3.63, 3.8) is 0 Å². The Kier molecular flexibility index (Phi) is 5.07. The standard InChI is InChI=1S/C18H19F3N6O2/c1-17(9-14(28)26(2)16(22)24-17)11-4-3-5-12(8-11)23-15(29)13-6-7-27(25-13)10-18(19,20)21/h3-8H,9-10H2,1-2H3,(H2,22,24)(H,23,29). The Morgan fingerprint density at radius 3 is 2.72 bits per heavy atom. The molecule has 0 saturated heterocycles. The molecule has 0 saturated carbocycles. The molecule has 1 unspecified atom stereocenters. The number of benzene rings is 1. The largest absolute Gasteiger partial charge is 0.408 e. The zero-order chi connectivity index (χ0) is 21.4. The Hall–Kier alpha value is -3.37. The van der Waals surface area contributed by atoms with Crippen LogP contribution in [0.1, 0.15) is 29.4 Å². The number of carbonyl (C=O) groups excluding carboxylic acids is 2. The molecule has 8 nitrogen and oxygen atoms in total. The number of nitrogens with one attached hydrogen (secondary N) is 1. The van der Waals surface area contributed by atoms with Crippen molar-refractivity contribution in [2.45, 2.75) is 31.6 Å². The van der Waals surface area contributed by atoms with Crippen molar-refractivity contribution in [1.29, 1.82) is 0 Å². The van der Waals surface area contributed by atoms with Gasteiger partial charge >= 0.3 is 6.18 Å². The third-order valence-electron chi connectivity index (χ3n) is 4.53. The van der Waals surface area contributed by atoms with E-state index in [-0.39, 0.29) is 24.0 Å². The minimum atomic E-state index is -4.43. The van der Waals surface area contributed by atoms with E-state index >= 15 is 0 Å². The molecular formula is C18H19F3N6O2. The molecule has 1 aliphatic rings. The van der Waals surface area contributed by atoms with Crippen LogP contribution in [0.15, 0.2) is 41.5 Å². The van der Waals surface area contributed by atoms with Gasteiger partial charge in [0.1, 0.15) is 6.54 Å². The Balaban J connectivity index is 1.78. The number of aliphatic imine (C=N–C) groups is 1. The SMILES string of the molecule is CN1C(=O)CC(C)(c2cccc(NC(=O)c3ccn(CC(F)(F)F)n3)c2)N=C1N.